The third-order valence-electron chi connectivity index (χ3n) is 2.35. The van der Waals surface area contributed by atoms with Gasteiger partial charge in [0, 0.05) is 6.10 Å². The van der Waals surface area contributed by atoms with Gasteiger partial charge in [0.25, 0.3) is 0 Å². The van der Waals surface area contributed by atoms with Gasteiger partial charge in [0.2, 0.25) is 0 Å². The highest BCUT2D eigenvalue weighted by atomic mass is 28.2. The summed E-state index contributed by atoms with van der Waals surface area (Å²) in [5.74, 6) is 0. The molecule has 0 radical (unpaired) electrons. The number of hydrogen-bond acceptors (Lipinski definition) is 3. The van der Waals surface area contributed by atoms with Crippen LogP contribution in [0.5, 0.6) is 0 Å². The van der Waals surface area contributed by atoms with Crippen LogP contribution in [0.2, 0.25) is 0 Å². The molecule has 1 heterocycles. The van der Waals surface area contributed by atoms with Crippen molar-refractivity contribution >= 4 is 10.5 Å². The van der Waals surface area contributed by atoms with E-state index in [0.717, 1.165) is 36.5 Å². The zero-order chi connectivity index (χ0) is 9.68. The maximum Gasteiger partial charge on any atom is 0.146 e. The van der Waals surface area contributed by atoms with Gasteiger partial charge in [-0.2, -0.15) is 0 Å². The van der Waals surface area contributed by atoms with Crippen molar-refractivity contribution in [1.29, 1.82) is 0 Å². The Bertz CT molecular complexity index is 139. The van der Waals surface area contributed by atoms with Gasteiger partial charge in [0.15, 0.2) is 0 Å². The fraction of sp³-hybridized carbons (Fsp3) is 1.00. The van der Waals surface area contributed by atoms with Gasteiger partial charge in [-0.1, -0.05) is 0 Å². The molecule has 0 aromatic rings. The largest absolute Gasteiger partial charge is 0.425 e. The van der Waals surface area contributed by atoms with Crippen molar-refractivity contribution in [2.24, 2.45) is 0 Å². The van der Waals surface area contributed by atoms with Gasteiger partial charge in [0.05, 0.1) is 19.3 Å². The summed E-state index contributed by atoms with van der Waals surface area (Å²) in [4.78, 5) is 0. The lowest BCUT2D eigenvalue weighted by Crippen LogP contribution is -2.15. The molecule has 0 bridgehead atoms. The van der Waals surface area contributed by atoms with Gasteiger partial charge in [0.1, 0.15) is 16.6 Å². The monoisotopic (exact) mass is 204 g/mol. The smallest absolute Gasteiger partial charge is 0.146 e. The van der Waals surface area contributed by atoms with E-state index in [1.807, 2.05) is 0 Å². The summed E-state index contributed by atoms with van der Waals surface area (Å²) >= 11 is 0. The van der Waals surface area contributed by atoms with Crippen LogP contribution in [0.25, 0.3) is 0 Å². The fourth-order valence-corrected chi connectivity index (χ4v) is 1.34. The molecule has 0 aromatic carbocycles. The maximum atomic E-state index is 5.59. The van der Waals surface area contributed by atoms with Crippen molar-refractivity contribution in [3.05, 3.63) is 0 Å². The standard InChI is InChI=1S/C9H20O3Si/c1-7(3-4-8(2)12-13)10-5-9-6-11-9/h7-9H,3-6H2,1-2,13H3. The number of ether oxygens (including phenoxy) is 2. The van der Waals surface area contributed by atoms with Gasteiger partial charge in [-0.15, -0.1) is 0 Å². The molecule has 0 saturated carbocycles. The fourth-order valence-electron chi connectivity index (χ4n) is 1.11. The quantitative estimate of drug-likeness (QED) is 0.440. The van der Waals surface area contributed by atoms with Crippen LogP contribution in [0.15, 0.2) is 0 Å². The van der Waals surface area contributed by atoms with E-state index in [4.69, 9.17) is 13.9 Å². The van der Waals surface area contributed by atoms with Crippen molar-refractivity contribution in [3.63, 3.8) is 0 Å². The minimum absolute atomic E-state index is 0.337. The van der Waals surface area contributed by atoms with E-state index in [1.165, 1.54) is 0 Å². The first-order chi connectivity index (χ1) is 6.22. The third-order valence-corrected chi connectivity index (χ3v) is 3.16. The predicted octanol–water partition coefficient (Wildman–Crippen LogP) is 0.256. The van der Waals surface area contributed by atoms with E-state index in [0.29, 0.717) is 18.3 Å². The molecule has 1 fully saturated rings. The summed E-state index contributed by atoms with van der Waals surface area (Å²) in [6, 6.07) is 0. The maximum absolute atomic E-state index is 5.59. The van der Waals surface area contributed by atoms with Gasteiger partial charge in [-0.3, -0.25) is 0 Å². The molecule has 3 nitrogen and oxygen atoms in total. The second kappa shape index (κ2) is 5.75. The summed E-state index contributed by atoms with van der Waals surface area (Å²) in [7, 11) is 0.832. The Labute approximate surface area is 83.3 Å². The zero-order valence-corrected chi connectivity index (χ0v) is 10.8. The Morgan fingerprint density at radius 3 is 2.54 bits per heavy atom. The third kappa shape index (κ3) is 5.41. The molecule has 3 atom stereocenters. The first-order valence-electron chi connectivity index (χ1n) is 4.98. The number of rotatable bonds is 7. The van der Waals surface area contributed by atoms with Crippen LogP contribution in [0.1, 0.15) is 26.7 Å². The Balaban J connectivity index is 1.92. The van der Waals surface area contributed by atoms with Crippen molar-refractivity contribution in [1.82, 2.24) is 0 Å². The second-order valence-electron chi connectivity index (χ2n) is 3.72. The number of epoxide rings is 1. The average molecular weight is 204 g/mol. The van der Waals surface area contributed by atoms with Gasteiger partial charge in [-0.25, -0.2) is 0 Å². The molecule has 1 rings (SSSR count). The van der Waals surface area contributed by atoms with Crippen molar-refractivity contribution < 1.29 is 13.9 Å². The van der Waals surface area contributed by atoms with Gasteiger partial charge < -0.3 is 13.9 Å². The molecular formula is C9H20O3Si. The van der Waals surface area contributed by atoms with E-state index in [-0.39, 0.29) is 0 Å². The average Bonchev–Trinajstić information content (AvgIpc) is 2.94. The molecule has 1 aliphatic rings. The van der Waals surface area contributed by atoms with Crippen molar-refractivity contribution in [3.8, 4) is 0 Å². The summed E-state index contributed by atoms with van der Waals surface area (Å²) in [6.45, 7) is 5.87. The molecule has 0 N–H and O–H groups in total. The van der Waals surface area contributed by atoms with E-state index in [9.17, 15) is 0 Å². The van der Waals surface area contributed by atoms with E-state index >= 15 is 0 Å². The molecule has 0 aromatic heterocycles. The normalized spacial score (nSPS) is 25.8. The molecule has 1 saturated heterocycles. The molecule has 13 heavy (non-hydrogen) atoms. The van der Waals surface area contributed by atoms with E-state index in [1.54, 1.807) is 0 Å². The summed E-state index contributed by atoms with van der Waals surface area (Å²) < 4.78 is 16.0. The lowest BCUT2D eigenvalue weighted by atomic mass is 10.1. The zero-order valence-electron chi connectivity index (χ0n) is 8.79. The van der Waals surface area contributed by atoms with Crippen LogP contribution in [0, 0.1) is 0 Å². The lowest BCUT2D eigenvalue weighted by molar-refractivity contribution is 0.0417. The Kier molecular flexibility index (Phi) is 4.94. The topological polar surface area (TPSA) is 31.0 Å². The van der Waals surface area contributed by atoms with Crippen molar-refractivity contribution in [2.45, 2.75) is 45.0 Å². The molecule has 4 heteroatoms. The highest BCUT2D eigenvalue weighted by Gasteiger charge is 2.23. The Hall–Kier alpha value is 0.0969. The van der Waals surface area contributed by atoms with Gasteiger partial charge in [-0.05, 0) is 26.7 Å². The van der Waals surface area contributed by atoms with E-state index in [2.05, 4.69) is 13.8 Å². The molecule has 3 unspecified atom stereocenters. The molecule has 0 spiro atoms. The molecule has 0 amide bonds. The summed E-state index contributed by atoms with van der Waals surface area (Å²) in [5, 5.41) is 0. The lowest BCUT2D eigenvalue weighted by Gasteiger charge is -2.15. The molecule has 1 aliphatic heterocycles. The van der Waals surface area contributed by atoms with Crippen LogP contribution in [-0.4, -0.2) is 42.0 Å². The second-order valence-corrected chi connectivity index (χ2v) is 4.19. The number of hydrogen-bond donors (Lipinski definition) is 0. The minimum atomic E-state index is 0.337. The highest BCUT2D eigenvalue weighted by Crippen LogP contribution is 2.12. The predicted molar refractivity (Wildman–Crippen MR) is 54.9 cm³/mol. The first-order valence-corrected chi connectivity index (χ1v) is 5.80. The Morgan fingerprint density at radius 2 is 2.00 bits per heavy atom. The van der Waals surface area contributed by atoms with Crippen molar-refractivity contribution in [2.75, 3.05) is 13.2 Å². The van der Waals surface area contributed by atoms with Crippen LogP contribution < -0.4 is 0 Å². The molecular weight excluding hydrogens is 184 g/mol. The van der Waals surface area contributed by atoms with Crippen LogP contribution in [0.3, 0.4) is 0 Å². The van der Waals surface area contributed by atoms with Crippen LogP contribution in [-0.2, 0) is 13.9 Å². The molecule has 78 valence electrons. The van der Waals surface area contributed by atoms with E-state index < -0.39 is 0 Å². The SMILES string of the molecule is CC(CCC(C)OCC1CO1)O[SiH3]. The molecule has 0 aliphatic carbocycles. The van der Waals surface area contributed by atoms with Crippen LogP contribution in [0.4, 0.5) is 0 Å². The summed E-state index contributed by atoms with van der Waals surface area (Å²) in [6.07, 6.45) is 3.29. The minimum Gasteiger partial charge on any atom is -0.425 e. The van der Waals surface area contributed by atoms with Gasteiger partial charge >= 0.3 is 0 Å². The first kappa shape index (κ1) is 11.2. The van der Waals surface area contributed by atoms with Crippen LogP contribution >= 0.6 is 0 Å². The summed E-state index contributed by atoms with van der Waals surface area (Å²) in [5.41, 5.74) is 0. The Morgan fingerprint density at radius 1 is 1.38 bits per heavy atom. The highest BCUT2D eigenvalue weighted by molar-refractivity contribution is 5.98.